The highest BCUT2D eigenvalue weighted by atomic mass is 16.2. The van der Waals surface area contributed by atoms with E-state index in [0.717, 1.165) is 24.1 Å². The van der Waals surface area contributed by atoms with Gasteiger partial charge in [-0.3, -0.25) is 9.59 Å². The van der Waals surface area contributed by atoms with Gasteiger partial charge < -0.3 is 10.6 Å². The smallest absolute Gasteiger partial charge is 0.256 e. The van der Waals surface area contributed by atoms with Gasteiger partial charge in [0, 0.05) is 23.2 Å². The van der Waals surface area contributed by atoms with Crippen molar-refractivity contribution in [2.45, 2.75) is 26.3 Å². The van der Waals surface area contributed by atoms with E-state index >= 15 is 0 Å². The molecule has 1 saturated carbocycles. The van der Waals surface area contributed by atoms with Crippen LogP contribution in [0, 0.1) is 12.8 Å². The van der Waals surface area contributed by atoms with Crippen molar-refractivity contribution in [2.24, 2.45) is 5.92 Å². The highest BCUT2D eigenvalue weighted by Crippen LogP contribution is 2.30. The van der Waals surface area contributed by atoms with Crippen molar-refractivity contribution in [1.82, 2.24) is 9.78 Å². The number of rotatable bonds is 6. The van der Waals surface area contributed by atoms with Crippen molar-refractivity contribution in [3.8, 4) is 0 Å². The van der Waals surface area contributed by atoms with Crippen LogP contribution < -0.4 is 10.6 Å². The molecule has 1 aliphatic rings. The minimum atomic E-state index is -0.239. The number of nitrogens with zero attached hydrogens (tertiary/aromatic N) is 2. The number of aryl methyl sites for hydroxylation is 1. The number of nitrogens with one attached hydrogen (secondary N) is 2. The predicted molar refractivity (Wildman–Crippen MR) is 108 cm³/mol. The van der Waals surface area contributed by atoms with E-state index < -0.39 is 0 Å². The molecular formula is C22H22N4O2. The number of hydrogen-bond donors (Lipinski definition) is 2. The van der Waals surface area contributed by atoms with Crippen LogP contribution in [0.1, 0.15) is 34.5 Å². The van der Waals surface area contributed by atoms with E-state index in [0.29, 0.717) is 23.6 Å². The Hall–Kier alpha value is -3.41. The highest BCUT2D eigenvalue weighted by Gasteiger charge is 2.29. The molecule has 0 radical (unpaired) electrons. The Kier molecular flexibility index (Phi) is 4.93. The van der Waals surface area contributed by atoms with Crippen molar-refractivity contribution < 1.29 is 9.59 Å². The molecule has 6 heteroatoms. The lowest BCUT2D eigenvalue weighted by atomic mass is 10.2. The maximum atomic E-state index is 12.7. The molecule has 2 amide bonds. The standard InChI is InChI=1S/C22H22N4O2/c1-15-12-20(26(25-15)14-16-6-3-2-4-7-16)24-22(28)18-8-5-9-19(13-18)23-21(27)17-10-11-17/h2-9,12-13,17H,10-11,14H2,1H3,(H,23,27)(H,24,28). The number of amides is 2. The summed E-state index contributed by atoms with van der Waals surface area (Å²) in [6.07, 6.45) is 1.88. The van der Waals surface area contributed by atoms with Gasteiger partial charge in [0.15, 0.2) is 0 Å². The predicted octanol–water partition coefficient (Wildman–Crippen LogP) is 3.84. The third kappa shape index (κ3) is 4.28. The molecule has 0 bridgehead atoms. The molecule has 1 fully saturated rings. The van der Waals surface area contributed by atoms with Crippen molar-refractivity contribution in [3.05, 3.63) is 77.5 Å². The van der Waals surface area contributed by atoms with Gasteiger partial charge in [-0.1, -0.05) is 36.4 Å². The summed E-state index contributed by atoms with van der Waals surface area (Å²) in [7, 11) is 0. The molecule has 0 unspecified atom stereocenters. The lowest BCUT2D eigenvalue weighted by molar-refractivity contribution is -0.117. The molecule has 4 rings (SSSR count). The highest BCUT2D eigenvalue weighted by molar-refractivity contribution is 6.05. The Morgan fingerprint density at radius 2 is 1.82 bits per heavy atom. The summed E-state index contributed by atoms with van der Waals surface area (Å²) in [5, 5.41) is 10.3. The zero-order valence-electron chi connectivity index (χ0n) is 15.7. The lowest BCUT2D eigenvalue weighted by Crippen LogP contribution is -2.17. The van der Waals surface area contributed by atoms with Gasteiger partial charge in [-0.05, 0) is 43.5 Å². The van der Waals surface area contributed by atoms with E-state index in [-0.39, 0.29) is 17.7 Å². The lowest BCUT2D eigenvalue weighted by Gasteiger charge is -2.10. The van der Waals surface area contributed by atoms with Crippen molar-refractivity contribution >= 4 is 23.3 Å². The second-order valence-electron chi connectivity index (χ2n) is 7.11. The van der Waals surface area contributed by atoms with Gasteiger partial charge in [0.1, 0.15) is 5.82 Å². The monoisotopic (exact) mass is 374 g/mol. The zero-order chi connectivity index (χ0) is 19.5. The van der Waals surface area contributed by atoms with Gasteiger partial charge in [-0.15, -0.1) is 0 Å². The number of hydrogen-bond acceptors (Lipinski definition) is 3. The Morgan fingerprint density at radius 1 is 1.04 bits per heavy atom. The molecule has 1 aliphatic carbocycles. The Morgan fingerprint density at radius 3 is 2.57 bits per heavy atom. The summed E-state index contributed by atoms with van der Waals surface area (Å²) >= 11 is 0. The molecule has 6 nitrogen and oxygen atoms in total. The van der Waals surface area contributed by atoms with Crippen molar-refractivity contribution in [2.75, 3.05) is 10.6 Å². The van der Waals surface area contributed by atoms with Crippen molar-refractivity contribution in [1.29, 1.82) is 0 Å². The fourth-order valence-corrected chi connectivity index (χ4v) is 3.04. The van der Waals surface area contributed by atoms with Gasteiger partial charge in [-0.25, -0.2) is 4.68 Å². The van der Waals surface area contributed by atoms with Gasteiger partial charge in [0.05, 0.1) is 12.2 Å². The minimum Gasteiger partial charge on any atom is -0.326 e. The fraction of sp³-hybridized carbons (Fsp3) is 0.227. The summed E-state index contributed by atoms with van der Waals surface area (Å²) in [6, 6.07) is 18.8. The van der Waals surface area contributed by atoms with Crippen LogP contribution in [0.25, 0.3) is 0 Å². The van der Waals surface area contributed by atoms with Gasteiger partial charge in [0.2, 0.25) is 5.91 Å². The van der Waals surface area contributed by atoms with Gasteiger partial charge in [0.25, 0.3) is 5.91 Å². The number of anilines is 2. The maximum absolute atomic E-state index is 12.7. The molecule has 0 atom stereocenters. The molecule has 3 aromatic rings. The molecule has 28 heavy (non-hydrogen) atoms. The largest absolute Gasteiger partial charge is 0.326 e. The number of carbonyl (C=O) groups is 2. The molecule has 142 valence electrons. The van der Waals surface area contributed by atoms with E-state index in [2.05, 4.69) is 15.7 Å². The van der Waals surface area contributed by atoms with Gasteiger partial charge in [-0.2, -0.15) is 5.10 Å². The third-order valence-electron chi connectivity index (χ3n) is 4.66. The van der Waals surface area contributed by atoms with Crippen LogP contribution in [0.2, 0.25) is 0 Å². The molecule has 1 aromatic heterocycles. The summed E-state index contributed by atoms with van der Waals surface area (Å²) < 4.78 is 1.78. The molecule has 0 spiro atoms. The van der Waals surface area contributed by atoms with E-state index in [9.17, 15) is 9.59 Å². The number of benzene rings is 2. The van der Waals surface area contributed by atoms with Crippen molar-refractivity contribution in [3.63, 3.8) is 0 Å². The second-order valence-corrected chi connectivity index (χ2v) is 7.11. The molecule has 2 N–H and O–H groups in total. The molecule has 2 aromatic carbocycles. The normalized spacial score (nSPS) is 13.2. The van der Waals surface area contributed by atoms with Crippen LogP contribution in [0.15, 0.2) is 60.7 Å². The number of carbonyl (C=O) groups excluding carboxylic acids is 2. The first-order valence-electron chi connectivity index (χ1n) is 9.39. The van der Waals surface area contributed by atoms with Gasteiger partial charge >= 0.3 is 0 Å². The first-order valence-corrected chi connectivity index (χ1v) is 9.39. The van der Waals surface area contributed by atoms with Crippen LogP contribution in [-0.2, 0) is 11.3 Å². The molecular weight excluding hydrogens is 352 g/mol. The minimum absolute atomic E-state index is 0.0223. The van der Waals surface area contributed by atoms with Crippen LogP contribution >= 0.6 is 0 Å². The van der Waals surface area contributed by atoms with E-state index in [1.165, 1.54) is 0 Å². The average Bonchev–Trinajstić information content (AvgIpc) is 3.48. The first-order chi connectivity index (χ1) is 13.6. The SMILES string of the molecule is Cc1cc(NC(=O)c2cccc(NC(=O)C3CC3)c2)n(Cc2ccccc2)n1. The summed E-state index contributed by atoms with van der Waals surface area (Å²) in [5.74, 6) is 0.539. The Balaban J connectivity index is 1.48. The van der Waals surface area contributed by atoms with E-state index in [1.807, 2.05) is 43.3 Å². The molecule has 0 saturated heterocycles. The Labute approximate surface area is 163 Å². The first kappa shape index (κ1) is 18.0. The zero-order valence-corrected chi connectivity index (χ0v) is 15.7. The average molecular weight is 374 g/mol. The van der Waals surface area contributed by atoms with E-state index in [1.54, 1.807) is 28.9 Å². The summed E-state index contributed by atoms with van der Waals surface area (Å²) in [4.78, 5) is 24.7. The summed E-state index contributed by atoms with van der Waals surface area (Å²) in [5.41, 5.74) is 3.06. The molecule has 0 aliphatic heterocycles. The summed E-state index contributed by atoms with van der Waals surface area (Å²) in [6.45, 7) is 2.47. The maximum Gasteiger partial charge on any atom is 0.256 e. The quantitative estimate of drug-likeness (QED) is 0.688. The Bertz CT molecular complexity index is 1010. The number of aromatic nitrogens is 2. The topological polar surface area (TPSA) is 76.0 Å². The second kappa shape index (κ2) is 7.68. The van der Waals surface area contributed by atoms with Crippen LogP contribution in [-0.4, -0.2) is 21.6 Å². The van der Waals surface area contributed by atoms with Crippen LogP contribution in [0.4, 0.5) is 11.5 Å². The van der Waals surface area contributed by atoms with Crippen LogP contribution in [0.3, 0.4) is 0 Å². The molecule has 1 heterocycles. The van der Waals surface area contributed by atoms with E-state index in [4.69, 9.17) is 0 Å². The fourth-order valence-electron chi connectivity index (χ4n) is 3.04. The van der Waals surface area contributed by atoms with Crippen LogP contribution in [0.5, 0.6) is 0 Å². The third-order valence-corrected chi connectivity index (χ3v) is 4.66.